The molecule has 0 fully saturated rings. The molecule has 1 aromatic heterocycles. The second kappa shape index (κ2) is 7.97. The predicted molar refractivity (Wildman–Crippen MR) is 104 cm³/mol. The topological polar surface area (TPSA) is 69.6 Å². The van der Waals surface area contributed by atoms with E-state index >= 15 is 0 Å². The summed E-state index contributed by atoms with van der Waals surface area (Å²) in [6.07, 6.45) is 1.53. The fourth-order valence-corrected chi connectivity index (χ4v) is 2.52. The van der Waals surface area contributed by atoms with Crippen LogP contribution in [0.5, 0.6) is 17.2 Å². The summed E-state index contributed by atoms with van der Waals surface area (Å²) in [5.41, 5.74) is 0.362. The monoisotopic (exact) mass is 384 g/mol. The van der Waals surface area contributed by atoms with Crippen molar-refractivity contribution < 1.29 is 14.3 Å². The van der Waals surface area contributed by atoms with Crippen LogP contribution in [0.3, 0.4) is 0 Å². The van der Waals surface area contributed by atoms with Crippen LogP contribution in [-0.4, -0.2) is 17.6 Å². The van der Waals surface area contributed by atoms with Gasteiger partial charge in [-0.1, -0.05) is 11.6 Å². The van der Waals surface area contributed by atoms with Crippen LogP contribution in [0.15, 0.2) is 65.6 Å². The van der Waals surface area contributed by atoms with Crippen LogP contribution in [0.4, 0.5) is 5.69 Å². The highest BCUT2D eigenvalue weighted by atomic mass is 35.5. The highest BCUT2D eigenvalue weighted by Crippen LogP contribution is 2.33. The van der Waals surface area contributed by atoms with Crippen molar-refractivity contribution in [3.8, 4) is 17.2 Å². The van der Waals surface area contributed by atoms with Crippen LogP contribution in [-0.2, 0) is 7.05 Å². The summed E-state index contributed by atoms with van der Waals surface area (Å²) in [5, 5.41) is 3.18. The van der Waals surface area contributed by atoms with E-state index in [1.54, 1.807) is 62.7 Å². The molecule has 27 heavy (non-hydrogen) atoms. The maximum absolute atomic E-state index is 12.5. The number of anilines is 1. The first kappa shape index (κ1) is 18.5. The largest absolute Gasteiger partial charge is 0.497 e. The van der Waals surface area contributed by atoms with Gasteiger partial charge in [0.05, 0.1) is 12.8 Å². The van der Waals surface area contributed by atoms with Gasteiger partial charge in [0.1, 0.15) is 11.5 Å². The summed E-state index contributed by atoms with van der Waals surface area (Å²) in [6, 6.07) is 14.8. The van der Waals surface area contributed by atoms with Gasteiger partial charge in [-0.2, -0.15) is 0 Å². The number of aryl methyl sites for hydroxylation is 1. The first-order valence-electron chi connectivity index (χ1n) is 8.06. The normalized spacial score (nSPS) is 10.3. The Morgan fingerprint density at radius 2 is 1.74 bits per heavy atom. The van der Waals surface area contributed by atoms with Crippen LogP contribution in [0.2, 0.25) is 5.02 Å². The lowest BCUT2D eigenvalue weighted by molar-refractivity contribution is 0.102. The van der Waals surface area contributed by atoms with Gasteiger partial charge >= 0.3 is 0 Å². The average molecular weight is 385 g/mol. The molecular formula is C20H17ClN2O4. The quantitative estimate of drug-likeness (QED) is 0.719. The second-order valence-corrected chi connectivity index (χ2v) is 6.17. The first-order chi connectivity index (χ1) is 13.0. The van der Waals surface area contributed by atoms with E-state index in [1.165, 1.54) is 16.8 Å². The zero-order valence-electron chi connectivity index (χ0n) is 14.7. The maximum Gasteiger partial charge on any atom is 0.256 e. The minimum absolute atomic E-state index is 0.244. The van der Waals surface area contributed by atoms with Gasteiger partial charge in [0.2, 0.25) is 0 Å². The zero-order valence-corrected chi connectivity index (χ0v) is 15.5. The van der Waals surface area contributed by atoms with Gasteiger partial charge < -0.3 is 19.4 Å². The number of hydrogen-bond acceptors (Lipinski definition) is 4. The van der Waals surface area contributed by atoms with Gasteiger partial charge in [-0.3, -0.25) is 9.59 Å². The van der Waals surface area contributed by atoms with Gasteiger partial charge in [0, 0.05) is 29.9 Å². The smallest absolute Gasteiger partial charge is 0.256 e. The van der Waals surface area contributed by atoms with Crippen molar-refractivity contribution in [1.29, 1.82) is 0 Å². The average Bonchev–Trinajstić information content (AvgIpc) is 2.66. The number of hydrogen-bond donors (Lipinski definition) is 1. The van der Waals surface area contributed by atoms with Crippen molar-refractivity contribution in [3.63, 3.8) is 0 Å². The maximum atomic E-state index is 12.5. The summed E-state index contributed by atoms with van der Waals surface area (Å²) < 4.78 is 12.4. The molecule has 1 N–H and O–H groups in total. The Hall–Kier alpha value is -3.25. The molecular weight excluding hydrogens is 368 g/mol. The lowest BCUT2D eigenvalue weighted by Crippen LogP contribution is -2.20. The number of carbonyl (C=O) groups is 1. The number of ether oxygens (including phenoxy) is 2. The minimum atomic E-state index is -0.436. The number of nitrogens with zero attached hydrogens (tertiary/aromatic N) is 1. The number of rotatable bonds is 5. The summed E-state index contributed by atoms with van der Waals surface area (Å²) in [7, 11) is 3.20. The molecule has 0 radical (unpaired) electrons. The lowest BCUT2D eigenvalue weighted by atomic mass is 10.2. The van der Waals surface area contributed by atoms with Crippen LogP contribution in [0.1, 0.15) is 10.4 Å². The molecule has 0 unspecified atom stereocenters. The van der Waals surface area contributed by atoms with Crippen molar-refractivity contribution in [2.24, 2.45) is 7.05 Å². The third-order valence-corrected chi connectivity index (χ3v) is 4.08. The fraction of sp³-hybridized carbons (Fsp3) is 0.100. The molecule has 2 aromatic carbocycles. The molecule has 0 saturated heterocycles. The highest BCUT2D eigenvalue weighted by Gasteiger charge is 2.12. The third kappa shape index (κ3) is 4.48. The molecule has 1 amide bonds. The summed E-state index contributed by atoms with van der Waals surface area (Å²) in [5.74, 6) is 1.26. The number of halogens is 1. The number of nitrogens with one attached hydrogen (secondary N) is 1. The van der Waals surface area contributed by atoms with Crippen molar-refractivity contribution in [2.75, 3.05) is 12.4 Å². The standard InChI is InChI=1S/C20H17ClN2O4/c1-23-10-9-13(11-19(23)24)20(25)22-17-12-14(21)3-8-18(17)27-16-6-4-15(26-2)5-7-16/h3-12H,1-2H3,(H,22,25). The van der Waals surface area contributed by atoms with Crippen LogP contribution in [0, 0.1) is 0 Å². The molecule has 0 bridgehead atoms. The third-order valence-electron chi connectivity index (χ3n) is 3.84. The SMILES string of the molecule is COc1ccc(Oc2ccc(Cl)cc2NC(=O)c2ccn(C)c(=O)c2)cc1. The van der Waals surface area contributed by atoms with Gasteiger partial charge in [-0.25, -0.2) is 0 Å². The number of carbonyl (C=O) groups excluding carboxylic acids is 1. The van der Waals surface area contributed by atoms with Crippen molar-refractivity contribution in [1.82, 2.24) is 4.57 Å². The molecule has 0 saturated carbocycles. The molecule has 0 aliphatic rings. The van der Waals surface area contributed by atoms with Gasteiger partial charge in [0.15, 0.2) is 5.75 Å². The fourth-order valence-electron chi connectivity index (χ4n) is 2.34. The predicted octanol–water partition coefficient (Wildman–Crippen LogP) is 4.09. The van der Waals surface area contributed by atoms with Crippen molar-refractivity contribution in [2.45, 2.75) is 0 Å². The van der Waals surface area contributed by atoms with E-state index in [4.69, 9.17) is 21.1 Å². The molecule has 0 spiro atoms. The molecule has 7 heteroatoms. The number of benzene rings is 2. The Kier molecular flexibility index (Phi) is 5.47. The molecule has 0 aliphatic carbocycles. The highest BCUT2D eigenvalue weighted by molar-refractivity contribution is 6.31. The molecule has 3 aromatic rings. The van der Waals surface area contributed by atoms with E-state index in [1.807, 2.05) is 0 Å². The number of methoxy groups -OCH3 is 1. The van der Waals surface area contributed by atoms with E-state index in [-0.39, 0.29) is 11.1 Å². The van der Waals surface area contributed by atoms with E-state index in [0.29, 0.717) is 28.0 Å². The molecule has 0 atom stereocenters. The lowest BCUT2D eigenvalue weighted by Gasteiger charge is -2.13. The molecule has 3 rings (SSSR count). The Balaban J connectivity index is 1.85. The van der Waals surface area contributed by atoms with E-state index < -0.39 is 5.91 Å². The van der Waals surface area contributed by atoms with Gasteiger partial charge in [-0.15, -0.1) is 0 Å². The molecule has 1 heterocycles. The van der Waals surface area contributed by atoms with Crippen LogP contribution >= 0.6 is 11.6 Å². The van der Waals surface area contributed by atoms with E-state index in [0.717, 1.165) is 0 Å². The van der Waals surface area contributed by atoms with E-state index in [9.17, 15) is 9.59 Å². The Bertz CT molecular complexity index is 1030. The summed E-state index contributed by atoms with van der Waals surface area (Å²) in [6.45, 7) is 0. The molecule has 6 nitrogen and oxygen atoms in total. The Morgan fingerprint density at radius 1 is 1.04 bits per heavy atom. The van der Waals surface area contributed by atoms with Gasteiger partial charge in [0.25, 0.3) is 11.5 Å². The Labute approximate surface area is 160 Å². The van der Waals surface area contributed by atoms with Crippen molar-refractivity contribution in [3.05, 3.63) is 81.7 Å². The van der Waals surface area contributed by atoms with Crippen LogP contribution in [0.25, 0.3) is 0 Å². The minimum Gasteiger partial charge on any atom is -0.497 e. The van der Waals surface area contributed by atoms with E-state index in [2.05, 4.69) is 5.32 Å². The Morgan fingerprint density at radius 3 is 2.41 bits per heavy atom. The van der Waals surface area contributed by atoms with Crippen LogP contribution < -0.4 is 20.3 Å². The second-order valence-electron chi connectivity index (χ2n) is 5.74. The summed E-state index contributed by atoms with van der Waals surface area (Å²) in [4.78, 5) is 24.2. The van der Waals surface area contributed by atoms with Crippen molar-refractivity contribution >= 4 is 23.2 Å². The number of aromatic nitrogens is 1. The van der Waals surface area contributed by atoms with Gasteiger partial charge in [-0.05, 0) is 48.5 Å². The summed E-state index contributed by atoms with van der Waals surface area (Å²) >= 11 is 6.06. The zero-order chi connectivity index (χ0) is 19.4. The molecule has 138 valence electrons. The number of amides is 1. The molecule has 0 aliphatic heterocycles. The first-order valence-corrected chi connectivity index (χ1v) is 8.43. The number of pyridine rings is 1.